The fourth-order valence-corrected chi connectivity index (χ4v) is 4.84. The average Bonchev–Trinajstić information content (AvgIpc) is 3.24. The van der Waals surface area contributed by atoms with Gasteiger partial charge in [0.15, 0.2) is 5.13 Å². The van der Waals surface area contributed by atoms with E-state index >= 15 is 0 Å². The van der Waals surface area contributed by atoms with Gasteiger partial charge in [-0.1, -0.05) is 23.3 Å². The summed E-state index contributed by atoms with van der Waals surface area (Å²) in [5, 5.41) is 8.13. The van der Waals surface area contributed by atoms with Crippen LogP contribution in [-0.4, -0.2) is 70.7 Å². The molecule has 1 fully saturated rings. The molecule has 0 bridgehead atoms. The van der Waals surface area contributed by atoms with Crippen LogP contribution in [0.3, 0.4) is 0 Å². The molecule has 190 valence electrons. The van der Waals surface area contributed by atoms with Gasteiger partial charge in [-0.25, -0.2) is 14.4 Å². The van der Waals surface area contributed by atoms with Gasteiger partial charge in [-0.3, -0.25) is 4.79 Å². The van der Waals surface area contributed by atoms with Crippen LogP contribution in [0.4, 0.5) is 37.2 Å². The van der Waals surface area contributed by atoms with Crippen molar-refractivity contribution in [1.29, 1.82) is 0 Å². The van der Waals surface area contributed by atoms with Crippen LogP contribution in [0.15, 0.2) is 17.2 Å². The monoisotopic (exact) mass is 532 g/mol. The molecule has 1 saturated heterocycles. The lowest BCUT2D eigenvalue weighted by Gasteiger charge is -2.33. The predicted molar refractivity (Wildman–Crippen MR) is 117 cm³/mol. The molecule has 34 heavy (non-hydrogen) atoms. The molecular formula is C18H22F6N6O2S2. The third-order valence-electron chi connectivity index (χ3n) is 4.69. The molecule has 16 heteroatoms. The first kappa shape index (κ1) is 26.6. The van der Waals surface area contributed by atoms with Crippen LogP contribution in [0.1, 0.15) is 17.4 Å². The molecule has 1 atom stereocenters. The molecule has 2 aromatic rings. The minimum absolute atomic E-state index is 0.115. The first-order chi connectivity index (χ1) is 15.9. The summed E-state index contributed by atoms with van der Waals surface area (Å²) in [4.78, 5) is 16.5. The van der Waals surface area contributed by atoms with Gasteiger partial charge < -0.3 is 15.0 Å². The first-order valence-corrected chi connectivity index (χ1v) is 11.9. The highest BCUT2D eigenvalue weighted by Crippen LogP contribution is 2.36. The number of anilines is 2. The molecule has 0 aromatic carbocycles. The molecule has 0 saturated carbocycles. The standard InChI is InChI=1S/C18H22F6N6O2S2/c1-11(27-12-8-26-28-15(31)14(12)18(22,23)24)10-32-6-7-33-30-4-2-29(3-5-30)16-25-9-13(34-16)17(19,20)21/h8-9,11H,2-7,10H2,1H3,(H2,27,28,31)/t11-/m0/s1. The van der Waals surface area contributed by atoms with Crippen molar-refractivity contribution in [3.05, 3.63) is 33.2 Å². The topological polar surface area (TPSA) is 86.4 Å². The van der Waals surface area contributed by atoms with Gasteiger partial charge in [0.25, 0.3) is 5.56 Å². The van der Waals surface area contributed by atoms with Crippen molar-refractivity contribution in [2.45, 2.75) is 25.3 Å². The molecule has 3 rings (SSSR count). The summed E-state index contributed by atoms with van der Waals surface area (Å²) in [6.45, 7) is 4.45. The van der Waals surface area contributed by atoms with E-state index in [2.05, 4.69) is 19.7 Å². The van der Waals surface area contributed by atoms with E-state index in [1.54, 1.807) is 12.0 Å². The van der Waals surface area contributed by atoms with E-state index in [4.69, 9.17) is 4.74 Å². The molecule has 2 aromatic heterocycles. The number of H-pyrrole nitrogens is 1. The largest absolute Gasteiger partial charge is 0.427 e. The van der Waals surface area contributed by atoms with Crippen LogP contribution in [0.5, 0.6) is 0 Å². The Hall–Kier alpha value is -2.04. The van der Waals surface area contributed by atoms with Crippen molar-refractivity contribution in [2.24, 2.45) is 0 Å². The molecule has 2 N–H and O–H groups in total. The van der Waals surface area contributed by atoms with E-state index in [1.807, 2.05) is 4.90 Å². The van der Waals surface area contributed by atoms with Crippen LogP contribution >= 0.6 is 23.3 Å². The third kappa shape index (κ3) is 7.23. The van der Waals surface area contributed by atoms with Crippen molar-refractivity contribution in [2.75, 3.05) is 55.4 Å². The first-order valence-electron chi connectivity index (χ1n) is 10.1. The number of nitrogens with one attached hydrogen (secondary N) is 2. The number of halogens is 6. The van der Waals surface area contributed by atoms with Gasteiger partial charge in [0, 0.05) is 38.0 Å². The lowest BCUT2D eigenvalue weighted by atomic mass is 10.2. The maximum Gasteiger partial charge on any atom is 0.427 e. The zero-order chi connectivity index (χ0) is 24.9. The molecule has 0 unspecified atom stereocenters. The Morgan fingerprint density at radius 2 is 1.88 bits per heavy atom. The third-order valence-corrected chi connectivity index (χ3v) is 6.88. The summed E-state index contributed by atoms with van der Waals surface area (Å²) in [5.41, 5.74) is -3.07. The van der Waals surface area contributed by atoms with E-state index in [0.717, 1.165) is 12.4 Å². The predicted octanol–water partition coefficient (Wildman–Crippen LogP) is 3.55. The number of piperazine rings is 1. The van der Waals surface area contributed by atoms with Gasteiger partial charge >= 0.3 is 12.4 Å². The van der Waals surface area contributed by atoms with E-state index in [1.165, 1.54) is 11.9 Å². The van der Waals surface area contributed by atoms with Gasteiger partial charge in [-0.05, 0) is 6.92 Å². The normalized spacial score (nSPS) is 16.6. The summed E-state index contributed by atoms with van der Waals surface area (Å²) in [5.74, 6) is 0.600. The smallest absolute Gasteiger partial charge is 0.378 e. The second-order valence-corrected chi connectivity index (χ2v) is 9.55. The highest BCUT2D eigenvalue weighted by atomic mass is 32.2. The highest BCUT2D eigenvalue weighted by Gasteiger charge is 2.37. The lowest BCUT2D eigenvalue weighted by molar-refractivity contribution is -0.138. The van der Waals surface area contributed by atoms with E-state index in [9.17, 15) is 31.1 Å². The minimum atomic E-state index is -4.82. The Kier molecular flexibility index (Phi) is 8.70. The molecular weight excluding hydrogens is 510 g/mol. The summed E-state index contributed by atoms with van der Waals surface area (Å²) in [6.07, 6.45) is -7.45. The van der Waals surface area contributed by atoms with Crippen LogP contribution in [0, 0.1) is 0 Å². The lowest BCUT2D eigenvalue weighted by Crippen LogP contribution is -2.43. The van der Waals surface area contributed by atoms with Crippen LogP contribution in [0.2, 0.25) is 0 Å². The number of hydrogen-bond acceptors (Lipinski definition) is 9. The molecule has 0 aliphatic carbocycles. The summed E-state index contributed by atoms with van der Waals surface area (Å²) >= 11 is 2.16. The van der Waals surface area contributed by atoms with Crippen LogP contribution in [-0.2, 0) is 17.1 Å². The van der Waals surface area contributed by atoms with Crippen molar-refractivity contribution < 1.29 is 31.1 Å². The maximum absolute atomic E-state index is 13.1. The fourth-order valence-electron chi connectivity index (χ4n) is 3.13. The van der Waals surface area contributed by atoms with Crippen molar-refractivity contribution in [3.63, 3.8) is 0 Å². The number of ether oxygens (including phenoxy) is 1. The average molecular weight is 533 g/mol. The van der Waals surface area contributed by atoms with Gasteiger partial charge in [0.2, 0.25) is 0 Å². The van der Waals surface area contributed by atoms with Gasteiger partial charge in [0.05, 0.1) is 31.3 Å². The highest BCUT2D eigenvalue weighted by molar-refractivity contribution is 7.97. The second kappa shape index (κ2) is 11.1. The zero-order valence-electron chi connectivity index (χ0n) is 17.9. The molecule has 3 heterocycles. The van der Waals surface area contributed by atoms with Crippen molar-refractivity contribution in [3.8, 4) is 0 Å². The van der Waals surface area contributed by atoms with Crippen LogP contribution in [0.25, 0.3) is 0 Å². The van der Waals surface area contributed by atoms with E-state index in [-0.39, 0.29) is 6.61 Å². The number of aromatic amines is 1. The van der Waals surface area contributed by atoms with E-state index in [0.29, 0.717) is 55.0 Å². The Bertz CT molecular complexity index is 990. The molecule has 0 amide bonds. The number of alkyl halides is 6. The van der Waals surface area contributed by atoms with Crippen molar-refractivity contribution >= 4 is 34.1 Å². The van der Waals surface area contributed by atoms with Gasteiger partial charge in [0.1, 0.15) is 10.4 Å². The molecule has 0 radical (unpaired) electrons. The summed E-state index contributed by atoms with van der Waals surface area (Å²) < 4.78 is 85.0. The van der Waals surface area contributed by atoms with Gasteiger partial charge in [-0.15, -0.1) is 0 Å². The maximum atomic E-state index is 13.1. The Morgan fingerprint density at radius 3 is 2.50 bits per heavy atom. The number of hydrogen-bond donors (Lipinski definition) is 2. The molecule has 1 aliphatic heterocycles. The number of thiazole rings is 1. The van der Waals surface area contributed by atoms with Crippen LogP contribution < -0.4 is 15.8 Å². The van der Waals surface area contributed by atoms with E-state index < -0.39 is 40.1 Å². The van der Waals surface area contributed by atoms with Crippen molar-refractivity contribution in [1.82, 2.24) is 19.5 Å². The summed E-state index contributed by atoms with van der Waals surface area (Å²) in [6, 6.07) is -0.502. The molecule has 1 aliphatic rings. The molecule has 0 spiro atoms. The summed E-state index contributed by atoms with van der Waals surface area (Å²) in [7, 11) is 0. The SMILES string of the molecule is C[C@@H](COCCSN1CCN(c2ncc(C(F)(F)F)s2)CC1)Nc1cn[nH]c(=O)c1C(F)(F)F. The number of nitrogens with zero attached hydrogens (tertiary/aromatic N) is 4. The minimum Gasteiger partial charge on any atom is -0.378 e. The molecule has 8 nitrogen and oxygen atoms in total. The second-order valence-electron chi connectivity index (χ2n) is 7.36. The van der Waals surface area contributed by atoms with Gasteiger partial charge in [-0.2, -0.15) is 31.4 Å². The Labute approximate surface area is 198 Å². The Morgan fingerprint density at radius 1 is 1.18 bits per heavy atom. The number of rotatable bonds is 9. The fraction of sp³-hybridized carbons (Fsp3) is 0.611. The number of aromatic nitrogens is 3. The zero-order valence-corrected chi connectivity index (χ0v) is 19.5. The quantitative estimate of drug-likeness (QED) is 0.288. The Balaban J connectivity index is 1.34.